The number of aliphatic carboxylic acids is 2. The summed E-state index contributed by atoms with van der Waals surface area (Å²) in [7, 11) is 3.67. The summed E-state index contributed by atoms with van der Waals surface area (Å²) < 4.78 is 13.5. The summed E-state index contributed by atoms with van der Waals surface area (Å²) in [4.78, 5) is 22.7. The topological polar surface area (TPSA) is 123 Å². The fraction of sp³-hybridized carbons (Fsp3) is 0.148. The van der Waals surface area contributed by atoms with Crippen LogP contribution in [0.15, 0.2) is 85.1 Å². The van der Waals surface area contributed by atoms with Gasteiger partial charge < -0.3 is 29.6 Å². The molecule has 0 saturated heterocycles. The summed E-state index contributed by atoms with van der Waals surface area (Å²) in [5.74, 6) is -1.38. The second kappa shape index (κ2) is 12.6. The highest BCUT2D eigenvalue weighted by Crippen LogP contribution is 2.29. The lowest BCUT2D eigenvalue weighted by Gasteiger charge is -2.13. The number of methoxy groups -OCH3 is 1. The average Bonchev–Trinajstić information content (AvgIpc) is 3.27. The third-order valence-electron chi connectivity index (χ3n) is 5.16. The van der Waals surface area contributed by atoms with E-state index in [-0.39, 0.29) is 0 Å². The third-order valence-corrected chi connectivity index (χ3v) is 5.16. The van der Waals surface area contributed by atoms with E-state index in [0.717, 1.165) is 39.8 Å². The fourth-order valence-electron chi connectivity index (χ4n) is 3.31. The maximum Gasteiger partial charge on any atom is 0.414 e. The van der Waals surface area contributed by atoms with Crippen LogP contribution in [0.1, 0.15) is 11.1 Å². The van der Waals surface area contributed by atoms with Crippen LogP contribution in [0.3, 0.4) is 0 Å². The van der Waals surface area contributed by atoms with Gasteiger partial charge >= 0.3 is 11.9 Å². The molecule has 9 nitrogen and oxygen atoms in total. The number of carboxylic acid groups (broad SMARTS) is 2. The van der Waals surface area contributed by atoms with Gasteiger partial charge in [-0.25, -0.2) is 14.6 Å². The predicted octanol–water partition coefficient (Wildman–Crippen LogP) is 4.44. The van der Waals surface area contributed by atoms with Crippen LogP contribution in [0.25, 0.3) is 11.3 Å². The van der Waals surface area contributed by atoms with Gasteiger partial charge in [-0.1, -0.05) is 66.7 Å². The highest BCUT2D eigenvalue weighted by atomic mass is 16.5. The van der Waals surface area contributed by atoms with Gasteiger partial charge in [-0.2, -0.15) is 0 Å². The SMILES string of the molecule is COc1cc(CNc2ncc(-c3ccccc3)n2C)ccc1OCc1ccccc1.O=C(O)C(=O)O. The molecule has 1 heterocycles. The van der Waals surface area contributed by atoms with Crippen molar-refractivity contribution >= 4 is 17.9 Å². The number of ether oxygens (including phenoxy) is 2. The Morgan fingerprint density at radius 3 is 2.14 bits per heavy atom. The molecule has 36 heavy (non-hydrogen) atoms. The minimum atomic E-state index is -1.82. The van der Waals surface area contributed by atoms with E-state index >= 15 is 0 Å². The minimum Gasteiger partial charge on any atom is -0.493 e. The first-order valence-corrected chi connectivity index (χ1v) is 11.0. The van der Waals surface area contributed by atoms with Crippen molar-refractivity contribution in [2.24, 2.45) is 7.05 Å². The Bertz CT molecular complexity index is 1280. The van der Waals surface area contributed by atoms with Crippen molar-refractivity contribution in [3.8, 4) is 22.8 Å². The lowest BCUT2D eigenvalue weighted by atomic mass is 10.2. The van der Waals surface area contributed by atoms with E-state index in [0.29, 0.717) is 13.2 Å². The molecule has 0 fully saturated rings. The van der Waals surface area contributed by atoms with Crippen LogP contribution in [-0.2, 0) is 29.8 Å². The number of benzene rings is 3. The van der Waals surface area contributed by atoms with Gasteiger partial charge in [0.25, 0.3) is 0 Å². The molecule has 0 unspecified atom stereocenters. The molecule has 3 N–H and O–H groups in total. The number of imidazole rings is 1. The summed E-state index contributed by atoms with van der Waals surface area (Å²) in [5.41, 5.74) is 4.42. The molecule has 0 radical (unpaired) electrons. The summed E-state index contributed by atoms with van der Waals surface area (Å²) in [5, 5.41) is 18.2. The van der Waals surface area contributed by atoms with Crippen LogP contribution in [-0.4, -0.2) is 38.8 Å². The van der Waals surface area contributed by atoms with Crippen molar-refractivity contribution < 1.29 is 29.3 Å². The quantitative estimate of drug-likeness (QED) is 0.311. The largest absolute Gasteiger partial charge is 0.493 e. The first kappa shape index (κ1) is 25.8. The molecule has 0 saturated carbocycles. The molecule has 0 spiro atoms. The predicted molar refractivity (Wildman–Crippen MR) is 135 cm³/mol. The van der Waals surface area contributed by atoms with Gasteiger partial charge in [-0.05, 0) is 28.8 Å². The number of carbonyl (C=O) groups is 2. The molecule has 0 atom stereocenters. The second-order valence-electron chi connectivity index (χ2n) is 7.62. The number of hydrogen-bond donors (Lipinski definition) is 3. The molecule has 4 rings (SSSR count). The van der Waals surface area contributed by atoms with Crippen molar-refractivity contribution in [1.29, 1.82) is 0 Å². The Labute approximate surface area is 208 Å². The monoisotopic (exact) mass is 489 g/mol. The molecule has 9 heteroatoms. The zero-order chi connectivity index (χ0) is 25.9. The average molecular weight is 490 g/mol. The van der Waals surface area contributed by atoms with Crippen molar-refractivity contribution in [3.05, 3.63) is 96.2 Å². The Balaban J connectivity index is 0.000000538. The molecule has 0 aliphatic rings. The lowest BCUT2D eigenvalue weighted by molar-refractivity contribution is -0.159. The lowest BCUT2D eigenvalue weighted by Crippen LogP contribution is -2.09. The van der Waals surface area contributed by atoms with E-state index in [1.807, 2.05) is 80.0 Å². The van der Waals surface area contributed by atoms with E-state index in [1.165, 1.54) is 0 Å². The molecule has 1 aromatic heterocycles. The number of carboxylic acids is 2. The Hall–Kier alpha value is -4.79. The number of nitrogens with one attached hydrogen (secondary N) is 1. The number of aromatic nitrogens is 2. The minimum absolute atomic E-state index is 0.504. The highest BCUT2D eigenvalue weighted by Gasteiger charge is 2.10. The molecule has 0 amide bonds. The van der Waals surface area contributed by atoms with Crippen LogP contribution < -0.4 is 14.8 Å². The summed E-state index contributed by atoms with van der Waals surface area (Å²) in [6.07, 6.45) is 1.89. The maximum absolute atomic E-state index is 9.10. The van der Waals surface area contributed by atoms with Gasteiger partial charge in [0.2, 0.25) is 5.95 Å². The van der Waals surface area contributed by atoms with Crippen LogP contribution in [0.5, 0.6) is 11.5 Å². The van der Waals surface area contributed by atoms with Crippen molar-refractivity contribution in [2.45, 2.75) is 13.2 Å². The molecule has 4 aromatic rings. The standard InChI is InChI=1S/C25H25N3O2.C2H2O4/c1-28-22(21-11-7-4-8-12-21)17-27-25(28)26-16-20-13-14-23(24(15-20)29-2)30-18-19-9-5-3-6-10-19;3-1(4)2(5)6/h3-15,17H,16,18H2,1-2H3,(H,26,27);(H,3,4)(H,5,6). The molecule has 0 aliphatic heterocycles. The summed E-state index contributed by atoms with van der Waals surface area (Å²) in [6, 6.07) is 26.3. The van der Waals surface area contributed by atoms with Crippen LogP contribution in [0, 0.1) is 0 Å². The zero-order valence-corrected chi connectivity index (χ0v) is 19.9. The number of hydrogen-bond acceptors (Lipinski definition) is 6. The molecule has 3 aromatic carbocycles. The van der Waals surface area contributed by atoms with Crippen LogP contribution >= 0.6 is 0 Å². The van der Waals surface area contributed by atoms with Gasteiger partial charge in [0.1, 0.15) is 6.61 Å². The van der Waals surface area contributed by atoms with E-state index in [9.17, 15) is 0 Å². The number of nitrogens with zero attached hydrogens (tertiary/aromatic N) is 2. The molecular formula is C27H27N3O6. The molecular weight excluding hydrogens is 462 g/mol. The molecule has 186 valence electrons. The number of anilines is 1. The van der Waals surface area contributed by atoms with Crippen LogP contribution in [0.4, 0.5) is 5.95 Å². The van der Waals surface area contributed by atoms with E-state index in [2.05, 4.69) is 27.0 Å². The number of rotatable bonds is 8. The zero-order valence-electron chi connectivity index (χ0n) is 19.9. The summed E-state index contributed by atoms with van der Waals surface area (Å²) in [6.45, 7) is 1.14. The Morgan fingerprint density at radius 1 is 0.889 bits per heavy atom. The van der Waals surface area contributed by atoms with Crippen molar-refractivity contribution in [2.75, 3.05) is 12.4 Å². The van der Waals surface area contributed by atoms with Gasteiger partial charge in [-0.3, -0.25) is 0 Å². The van der Waals surface area contributed by atoms with Crippen LogP contribution in [0.2, 0.25) is 0 Å². The maximum atomic E-state index is 9.10. The Morgan fingerprint density at radius 2 is 1.53 bits per heavy atom. The van der Waals surface area contributed by atoms with Crippen molar-refractivity contribution in [3.63, 3.8) is 0 Å². The molecule has 0 bridgehead atoms. The first-order valence-electron chi connectivity index (χ1n) is 11.0. The van der Waals surface area contributed by atoms with Crippen molar-refractivity contribution in [1.82, 2.24) is 9.55 Å². The normalized spacial score (nSPS) is 10.1. The van der Waals surface area contributed by atoms with Gasteiger partial charge in [0.15, 0.2) is 11.5 Å². The van der Waals surface area contributed by atoms with E-state index < -0.39 is 11.9 Å². The third kappa shape index (κ3) is 7.10. The smallest absolute Gasteiger partial charge is 0.414 e. The van der Waals surface area contributed by atoms with Gasteiger partial charge in [-0.15, -0.1) is 0 Å². The fourth-order valence-corrected chi connectivity index (χ4v) is 3.31. The second-order valence-corrected chi connectivity index (χ2v) is 7.62. The first-order chi connectivity index (χ1) is 17.4. The Kier molecular flexibility index (Phi) is 9.05. The van der Waals surface area contributed by atoms with Gasteiger partial charge in [0.05, 0.1) is 19.0 Å². The van der Waals surface area contributed by atoms with E-state index in [1.54, 1.807) is 7.11 Å². The van der Waals surface area contributed by atoms with E-state index in [4.69, 9.17) is 29.3 Å². The molecule has 0 aliphatic carbocycles. The van der Waals surface area contributed by atoms with Gasteiger partial charge in [0, 0.05) is 13.6 Å². The highest BCUT2D eigenvalue weighted by molar-refractivity contribution is 6.27. The summed E-state index contributed by atoms with van der Waals surface area (Å²) >= 11 is 0.